The summed E-state index contributed by atoms with van der Waals surface area (Å²) < 4.78 is 2.08. The largest absolute Gasteiger partial charge is 0.329 e. The smallest absolute Gasteiger partial charge is 0.255 e. The summed E-state index contributed by atoms with van der Waals surface area (Å²) in [4.78, 5) is 22.2. The Bertz CT molecular complexity index is 1230. The molecule has 6 heteroatoms. The minimum atomic E-state index is -0.314. The zero-order chi connectivity index (χ0) is 19.8. The number of hydrogen-bond acceptors (Lipinski definition) is 4. The highest BCUT2D eigenvalue weighted by Gasteiger charge is 2.34. The summed E-state index contributed by atoms with van der Waals surface area (Å²) in [5, 5.41) is 6.35. The molecule has 0 saturated heterocycles. The van der Waals surface area contributed by atoms with E-state index in [9.17, 15) is 4.79 Å². The predicted octanol–water partition coefficient (Wildman–Crippen LogP) is 4.36. The first-order chi connectivity index (χ1) is 14.2. The Balaban J connectivity index is 1.67. The Labute approximate surface area is 167 Å². The highest BCUT2D eigenvalue weighted by atomic mass is 16.1. The van der Waals surface area contributed by atoms with Gasteiger partial charge in [-0.15, -0.1) is 0 Å². The van der Waals surface area contributed by atoms with Crippen molar-refractivity contribution in [1.82, 2.24) is 14.5 Å². The Morgan fingerprint density at radius 2 is 1.72 bits per heavy atom. The maximum Gasteiger partial charge on any atom is 0.255 e. The number of aromatic nitrogens is 3. The van der Waals surface area contributed by atoms with Gasteiger partial charge in [-0.25, -0.2) is 4.98 Å². The van der Waals surface area contributed by atoms with E-state index in [1.165, 1.54) is 0 Å². The third-order valence-electron chi connectivity index (χ3n) is 5.13. The molecule has 0 aliphatic carbocycles. The molecule has 1 aliphatic rings. The van der Waals surface area contributed by atoms with E-state index in [0.717, 1.165) is 33.9 Å². The van der Waals surface area contributed by atoms with Crippen molar-refractivity contribution < 1.29 is 4.79 Å². The Hall–Kier alpha value is -3.93. The van der Waals surface area contributed by atoms with Crippen LogP contribution in [0.4, 0.5) is 11.6 Å². The third kappa shape index (κ3) is 2.95. The fraction of sp³-hybridized carbons (Fsp3) is 0.0870. The number of imidazole rings is 1. The standard InChI is InChI=1S/C23H19N5O/c1-15-20(22(29)26-17-7-3-2-4-8-17)21(16-11-13-24-14-12-16)28-19-10-6-5-9-18(19)27-23(28)25-15/h2-14,21H,1H3,(H,25,27)(H,26,29)/t21-/m0/s1. The number of rotatable bonds is 3. The number of amides is 1. The molecule has 0 bridgehead atoms. The van der Waals surface area contributed by atoms with Gasteiger partial charge in [0.2, 0.25) is 5.95 Å². The number of carbonyl (C=O) groups excluding carboxylic acids is 1. The Morgan fingerprint density at radius 3 is 2.52 bits per heavy atom. The van der Waals surface area contributed by atoms with E-state index in [0.29, 0.717) is 5.57 Å². The van der Waals surface area contributed by atoms with Gasteiger partial charge in [-0.3, -0.25) is 14.3 Å². The number of allylic oxidation sites excluding steroid dienone is 1. The first kappa shape index (κ1) is 17.2. The van der Waals surface area contributed by atoms with E-state index >= 15 is 0 Å². The molecule has 0 saturated carbocycles. The molecule has 1 amide bonds. The minimum absolute atomic E-state index is 0.147. The first-order valence-corrected chi connectivity index (χ1v) is 9.43. The van der Waals surface area contributed by atoms with E-state index in [2.05, 4.69) is 20.2 Å². The van der Waals surface area contributed by atoms with Gasteiger partial charge in [0.05, 0.1) is 22.6 Å². The van der Waals surface area contributed by atoms with E-state index in [1.54, 1.807) is 12.4 Å². The van der Waals surface area contributed by atoms with Gasteiger partial charge >= 0.3 is 0 Å². The maximum absolute atomic E-state index is 13.4. The van der Waals surface area contributed by atoms with Crippen molar-refractivity contribution in [3.05, 3.63) is 96.0 Å². The molecule has 5 rings (SSSR count). The van der Waals surface area contributed by atoms with E-state index in [4.69, 9.17) is 4.98 Å². The van der Waals surface area contributed by atoms with Crippen LogP contribution in [-0.4, -0.2) is 20.4 Å². The summed E-state index contributed by atoms with van der Waals surface area (Å²) in [5.74, 6) is 0.577. The van der Waals surface area contributed by atoms with Crippen molar-refractivity contribution in [1.29, 1.82) is 0 Å². The second kappa shape index (κ2) is 6.91. The fourth-order valence-corrected chi connectivity index (χ4v) is 3.84. The number of anilines is 2. The molecule has 142 valence electrons. The second-order valence-corrected chi connectivity index (χ2v) is 6.96. The molecule has 0 spiro atoms. The molecule has 1 aliphatic heterocycles. The topological polar surface area (TPSA) is 71.8 Å². The van der Waals surface area contributed by atoms with Crippen LogP contribution in [0.25, 0.3) is 11.0 Å². The molecule has 0 unspecified atom stereocenters. The van der Waals surface area contributed by atoms with Gasteiger partial charge in [0.1, 0.15) is 0 Å². The zero-order valence-electron chi connectivity index (χ0n) is 15.8. The average Bonchev–Trinajstić information content (AvgIpc) is 3.12. The third-order valence-corrected chi connectivity index (χ3v) is 5.13. The van der Waals surface area contributed by atoms with E-state index in [-0.39, 0.29) is 11.9 Å². The Kier molecular flexibility index (Phi) is 4.09. The number of benzene rings is 2. The zero-order valence-corrected chi connectivity index (χ0v) is 15.8. The number of nitrogens with one attached hydrogen (secondary N) is 2. The van der Waals surface area contributed by atoms with Crippen LogP contribution >= 0.6 is 0 Å². The SMILES string of the molecule is CC1=C(C(=O)Nc2ccccc2)[C@H](c2ccncc2)n2c(nc3ccccc32)N1. The molecule has 29 heavy (non-hydrogen) atoms. The van der Waals surface area contributed by atoms with Gasteiger partial charge in [0.25, 0.3) is 5.91 Å². The summed E-state index contributed by atoms with van der Waals surface area (Å²) in [6.45, 7) is 1.91. The van der Waals surface area contributed by atoms with Crippen LogP contribution < -0.4 is 10.6 Å². The van der Waals surface area contributed by atoms with Crippen LogP contribution in [0.15, 0.2) is 90.4 Å². The van der Waals surface area contributed by atoms with Gasteiger partial charge in [0.15, 0.2) is 0 Å². The highest BCUT2D eigenvalue weighted by molar-refractivity contribution is 6.06. The number of nitrogens with zero attached hydrogens (tertiary/aromatic N) is 3. The molecule has 0 radical (unpaired) electrons. The monoisotopic (exact) mass is 381 g/mol. The van der Waals surface area contributed by atoms with Gasteiger partial charge in [-0.1, -0.05) is 30.3 Å². The number of para-hydroxylation sites is 3. The van der Waals surface area contributed by atoms with Gasteiger partial charge in [-0.05, 0) is 48.9 Å². The van der Waals surface area contributed by atoms with Crippen LogP contribution in [-0.2, 0) is 4.79 Å². The van der Waals surface area contributed by atoms with Crippen molar-refractivity contribution in [2.45, 2.75) is 13.0 Å². The van der Waals surface area contributed by atoms with Crippen molar-refractivity contribution >= 4 is 28.6 Å². The average molecular weight is 381 g/mol. The highest BCUT2D eigenvalue weighted by Crippen LogP contribution is 2.39. The molecule has 4 aromatic rings. The quantitative estimate of drug-likeness (QED) is 0.553. The fourth-order valence-electron chi connectivity index (χ4n) is 3.84. The summed E-state index contributed by atoms with van der Waals surface area (Å²) in [7, 11) is 0. The van der Waals surface area contributed by atoms with Crippen LogP contribution in [0.5, 0.6) is 0 Å². The van der Waals surface area contributed by atoms with Crippen molar-refractivity contribution in [3.63, 3.8) is 0 Å². The lowest BCUT2D eigenvalue weighted by Gasteiger charge is -2.30. The minimum Gasteiger partial charge on any atom is -0.329 e. The number of fused-ring (bicyclic) bond motifs is 3. The van der Waals surface area contributed by atoms with Crippen molar-refractivity contribution in [2.75, 3.05) is 10.6 Å². The molecule has 1 atom stereocenters. The number of hydrogen-bond donors (Lipinski definition) is 2. The van der Waals surface area contributed by atoms with Crippen LogP contribution in [0.3, 0.4) is 0 Å². The van der Waals surface area contributed by atoms with E-state index in [1.807, 2.05) is 73.7 Å². The lowest BCUT2D eigenvalue weighted by Crippen LogP contribution is -2.30. The molecule has 3 heterocycles. The molecule has 2 N–H and O–H groups in total. The molecule has 2 aromatic heterocycles. The Morgan fingerprint density at radius 1 is 1.00 bits per heavy atom. The van der Waals surface area contributed by atoms with Crippen molar-refractivity contribution in [2.24, 2.45) is 0 Å². The lowest BCUT2D eigenvalue weighted by molar-refractivity contribution is -0.113. The molecule has 0 fully saturated rings. The van der Waals surface area contributed by atoms with E-state index < -0.39 is 0 Å². The van der Waals surface area contributed by atoms with Crippen LogP contribution in [0.2, 0.25) is 0 Å². The molecule has 2 aromatic carbocycles. The normalized spacial score (nSPS) is 15.7. The number of pyridine rings is 1. The summed E-state index contributed by atoms with van der Waals surface area (Å²) in [6, 6.07) is 21.0. The first-order valence-electron chi connectivity index (χ1n) is 9.43. The number of carbonyl (C=O) groups is 1. The van der Waals surface area contributed by atoms with Gasteiger partial charge in [0, 0.05) is 23.8 Å². The summed E-state index contributed by atoms with van der Waals surface area (Å²) in [5.41, 5.74) is 5.01. The summed E-state index contributed by atoms with van der Waals surface area (Å²) in [6.07, 6.45) is 3.50. The maximum atomic E-state index is 13.4. The summed E-state index contributed by atoms with van der Waals surface area (Å²) >= 11 is 0. The predicted molar refractivity (Wildman–Crippen MR) is 114 cm³/mol. The second-order valence-electron chi connectivity index (χ2n) is 6.96. The lowest BCUT2D eigenvalue weighted by atomic mass is 9.95. The van der Waals surface area contributed by atoms with Crippen molar-refractivity contribution in [3.8, 4) is 0 Å². The molecule has 6 nitrogen and oxygen atoms in total. The molecular weight excluding hydrogens is 362 g/mol. The van der Waals surface area contributed by atoms with Gasteiger partial charge < -0.3 is 10.6 Å². The molecular formula is C23H19N5O. The van der Waals surface area contributed by atoms with Crippen LogP contribution in [0.1, 0.15) is 18.5 Å². The van der Waals surface area contributed by atoms with Gasteiger partial charge in [-0.2, -0.15) is 0 Å². The van der Waals surface area contributed by atoms with Crippen LogP contribution in [0, 0.1) is 0 Å².